The van der Waals surface area contributed by atoms with Crippen LogP contribution < -0.4 is 19.7 Å². The highest BCUT2D eigenvalue weighted by atomic mass is 16.6. The lowest BCUT2D eigenvalue weighted by atomic mass is 10.0. The van der Waals surface area contributed by atoms with Crippen LogP contribution in [0.4, 0.5) is 10.5 Å². The minimum Gasteiger partial charge on any atom is -0.486 e. The lowest BCUT2D eigenvalue weighted by Crippen LogP contribution is -2.64. The summed E-state index contributed by atoms with van der Waals surface area (Å²) in [6.07, 6.45) is 0.928. The van der Waals surface area contributed by atoms with E-state index in [1.807, 2.05) is 17.0 Å². The second-order valence-corrected chi connectivity index (χ2v) is 7.01. The summed E-state index contributed by atoms with van der Waals surface area (Å²) < 4.78 is 11.6. The van der Waals surface area contributed by atoms with E-state index in [0.717, 1.165) is 56.3 Å². The number of anilines is 1. The van der Waals surface area contributed by atoms with Crippen LogP contribution >= 0.6 is 0 Å². The van der Waals surface area contributed by atoms with Crippen molar-refractivity contribution in [2.75, 3.05) is 57.4 Å². The maximum absolute atomic E-state index is 12.2. The Kier molecular flexibility index (Phi) is 4.56. The molecule has 0 saturated carbocycles. The first kappa shape index (κ1) is 17.3. The van der Waals surface area contributed by atoms with Crippen LogP contribution in [0.25, 0.3) is 0 Å². The fourth-order valence-electron chi connectivity index (χ4n) is 4.53. The molecular formula is C19H28N4O3. The Morgan fingerprint density at radius 3 is 2.62 bits per heavy atom. The Balaban J connectivity index is 1.50. The minimum atomic E-state index is -0.201. The average molecular weight is 360 g/mol. The van der Waals surface area contributed by atoms with Crippen molar-refractivity contribution in [2.24, 2.45) is 0 Å². The van der Waals surface area contributed by atoms with Crippen molar-refractivity contribution in [2.45, 2.75) is 25.9 Å². The van der Waals surface area contributed by atoms with Crippen molar-refractivity contribution >= 4 is 11.7 Å². The molecule has 3 aliphatic heterocycles. The van der Waals surface area contributed by atoms with Crippen LogP contribution in [0.3, 0.4) is 0 Å². The van der Waals surface area contributed by atoms with E-state index in [4.69, 9.17) is 9.47 Å². The highest BCUT2D eigenvalue weighted by molar-refractivity contribution is 5.77. The van der Waals surface area contributed by atoms with Crippen LogP contribution in [-0.2, 0) is 0 Å². The number of nitrogens with zero attached hydrogens (tertiary/aromatic N) is 3. The number of carbonyl (C=O) groups is 1. The summed E-state index contributed by atoms with van der Waals surface area (Å²) in [4.78, 5) is 19.0. The third-order valence-corrected chi connectivity index (χ3v) is 5.91. The summed E-state index contributed by atoms with van der Waals surface area (Å²) >= 11 is 0. The Morgan fingerprint density at radius 2 is 1.88 bits per heavy atom. The van der Waals surface area contributed by atoms with Gasteiger partial charge in [0.05, 0.1) is 12.2 Å². The van der Waals surface area contributed by atoms with Gasteiger partial charge in [0, 0.05) is 32.7 Å². The van der Waals surface area contributed by atoms with Crippen molar-refractivity contribution in [3.05, 3.63) is 18.2 Å². The number of likely N-dealkylation sites (N-methyl/N-ethyl adjacent to an activating group) is 1. The van der Waals surface area contributed by atoms with Crippen LogP contribution in [0.1, 0.15) is 20.3 Å². The van der Waals surface area contributed by atoms with Crippen molar-refractivity contribution in [3.63, 3.8) is 0 Å². The molecule has 3 aliphatic rings. The lowest BCUT2D eigenvalue weighted by molar-refractivity contribution is -0.00994. The summed E-state index contributed by atoms with van der Waals surface area (Å²) in [7, 11) is 0. The summed E-state index contributed by atoms with van der Waals surface area (Å²) in [6, 6.07) is 6.16. The van der Waals surface area contributed by atoms with Crippen LogP contribution in [0.2, 0.25) is 0 Å². The molecule has 1 atom stereocenters. The number of carbonyl (C=O) groups excluding carboxylic acids is 1. The number of para-hydroxylation sites is 1. The summed E-state index contributed by atoms with van der Waals surface area (Å²) in [5.74, 6) is 1.70. The normalized spacial score (nSPS) is 26.2. The number of urea groups is 1. The third kappa shape index (κ3) is 2.65. The van der Waals surface area contributed by atoms with Gasteiger partial charge in [-0.15, -0.1) is 0 Å². The molecule has 0 bridgehead atoms. The molecule has 26 heavy (non-hydrogen) atoms. The first-order chi connectivity index (χ1) is 12.7. The SMILES string of the molecule is CCN1C(=O)NCC1(CC)N1CCN(c2cccc3c2OCCO3)CC1. The van der Waals surface area contributed by atoms with E-state index in [9.17, 15) is 4.79 Å². The van der Waals surface area contributed by atoms with Gasteiger partial charge in [-0.3, -0.25) is 4.90 Å². The van der Waals surface area contributed by atoms with Crippen molar-refractivity contribution in [1.82, 2.24) is 15.1 Å². The van der Waals surface area contributed by atoms with E-state index in [1.54, 1.807) is 0 Å². The van der Waals surface area contributed by atoms with Crippen molar-refractivity contribution < 1.29 is 14.3 Å². The van der Waals surface area contributed by atoms with Crippen LogP contribution in [0, 0.1) is 0 Å². The fourth-order valence-corrected chi connectivity index (χ4v) is 4.53. The number of fused-ring (bicyclic) bond motifs is 1. The minimum absolute atomic E-state index is 0.0551. The van der Waals surface area contributed by atoms with Crippen molar-refractivity contribution in [1.29, 1.82) is 0 Å². The zero-order valence-corrected chi connectivity index (χ0v) is 15.7. The summed E-state index contributed by atoms with van der Waals surface area (Å²) in [6.45, 7) is 10.5. The molecule has 2 saturated heterocycles. The largest absolute Gasteiger partial charge is 0.486 e. The number of piperazine rings is 1. The number of amides is 2. The standard InChI is InChI=1S/C19H28N4O3/c1-3-19(14-20-18(24)23(19)4-2)22-10-8-21(9-11-22)15-6-5-7-16-17(15)26-13-12-25-16/h5-7H,3-4,8-14H2,1-2H3,(H,20,24). The van der Waals surface area contributed by atoms with E-state index in [1.165, 1.54) is 0 Å². The van der Waals surface area contributed by atoms with Crippen LogP contribution in [-0.4, -0.2) is 74.0 Å². The predicted octanol–water partition coefficient (Wildman–Crippen LogP) is 1.73. The molecule has 3 heterocycles. The molecule has 0 spiro atoms. The molecular weight excluding hydrogens is 332 g/mol. The molecule has 4 rings (SSSR count). The van der Waals surface area contributed by atoms with E-state index in [0.29, 0.717) is 19.8 Å². The van der Waals surface area contributed by atoms with Gasteiger partial charge in [0.15, 0.2) is 11.5 Å². The average Bonchev–Trinajstić information content (AvgIpc) is 3.04. The number of ether oxygens (including phenoxy) is 2. The highest BCUT2D eigenvalue weighted by Gasteiger charge is 2.48. The topological polar surface area (TPSA) is 57.3 Å². The Hall–Kier alpha value is -2.15. The number of hydrogen-bond acceptors (Lipinski definition) is 5. The van der Waals surface area contributed by atoms with Gasteiger partial charge in [0.2, 0.25) is 0 Å². The number of hydrogen-bond donors (Lipinski definition) is 1. The molecule has 1 aromatic carbocycles. The molecule has 7 nitrogen and oxygen atoms in total. The first-order valence-electron chi connectivity index (χ1n) is 9.63. The fraction of sp³-hybridized carbons (Fsp3) is 0.632. The Labute approximate surface area is 154 Å². The van der Waals surface area contributed by atoms with Gasteiger partial charge in [-0.25, -0.2) is 4.79 Å². The number of rotatable bonds is 4. The molecule has 1 aromatic rings. The van der Waals surface area contributed by atoms with E-state index in [2.05, 4.69) is 35.0 Å². The van der Waals surface area contributed by atoms with Gasteiger partial charge in [-0.05, 0) is 25.5 Å². The number of benzene rings is 1. The maximum atomic E-state index is 12.2. The van der Waals surface area contributed by atoms with Gasteiger partial charge < -0.3 is 24.6 Å². The van der Waals surface area contributed by atoms with E-state index >= 15 is 0 Å². The molecule has 0 aromatic heterocycles. The van der Waals surface area contributed by atoms with Crippen LogP contribution in [0.5, 0.6) is 11.5 Å². The van der Waals surface area contributed by atoms with Gasteiger partial charge in [0.25, 0.3) is 0 Å². The number of nitrogens with one attached hydrogen (secondary N) is 1. The van der Waals surface area contributed by atoms with Crippen molar-refractivity contribution in [3.8, 4) is 11.5 Å². The predicted molar refractivity (Wildman–Crippen MR) is 100 cm³/mol. The lowest BCUT2D eigenvalue weighted by Gasteiger charge is -2.49. The molecule has 2 amide bonds. The van der Waals surface area contributed by atoms with E-state index < -0.39 is 0 Å². The first-order valence-corrected chi connectivity index (χ1v) is 9.63. The van der Waals surface area contributed by atoms with Crippen LogP contribution in [0.15, 0.2) is 18.2 Å². The van der Waals surface area contributed by atoms with Gasteiger partial charge in [-0.2, -0.15) is 0 Å². The molecule has 1 N–H and O–H groups in total. The highest BCUT2D eigenvalue weighted by Crippen LogP contribution is 2.40. The van der Waals surface area contributed by atoms with Gasteiger partial charge >= 0.3 is 6.03 Å². The summed E-state index contributed by atoms with van der Waals surface area (Å²) in [5.41, 5.74) is 0.911. The second-order valence-electron chi connectivity index (χ2n) is 7.01. The van der Waals surface area contributed by atoms with E-state index in [-0.39, 0.29) is 11.7 Å². The smallest absolute Gasteiger partial charge is 0.319 e. The zero-order chi connectivity index (χ0) is 18.1. The zero-order valence-electron chi connectivity index (χ0n) is 15.7. The quantitative estimate of drug-likeness (QED) is 0.886. The monoisotopic (exact) mass is 360 g/mol. The third-order valence-electron chi connectivity index (χ3n) is 5.91. The molecule has 1 unspecified atom stereocenters. The second kappa shape index (κ2) is 6.87. The molecule has 142 valence electrons. The molecule has 0 radical (unpaired) electrons. The summed E-state index contributed by atoms with van der Waals surface area (Å²) in [5, 5.41) is 3.04. The van der Waals surface area contributed by atoms with Gasteiger partial charge in [-0.1, -0.05) is 13.0 Å². The molecule has 7 heteroatoms. The maximum Gasteiger partial charge on any atom is 0.319 e. The molecule has 0 aliphatic carbocycles. The molecule has 2 fully saturated rings. The Bertz CT molecular complexity index is 675. The van der Waals surface area contributed by atoms with Gasteiger partial charge in [0.1, 0.15) is 18.9 Å². The Morgan fingerprint density at radius 1 is 1.12 bits per heavy atom.